The smallest absolute Gasteiger partial charge is 0.417 e. The molecule has 1 unspecified atom stereocenters. The van der Waals surface area contributed by atoms with Crippen molar-refractivity contribution in [3.8, 4) is 0 Å². The first kappa shape index (κ1) is 18.4. The fraction of sp³-hybridized carbons (Fsp3) is 0.667. The number of hydrogen-bond donors (Lipinski definition) is 2. The minimum atomic E-state index is -5.01. The largest absolute Gasteiger partial charge is 0.480 e. The number of halogens is 3. The SMILES string of the molecule is C=C(C)CN(CC)C(=O)CNC(C)(C(=O)O)C(F)(F)F. The topological polar surface area (TPSA) is 69.6 Å². The summed E-state index contributed by atoms with van der Waals surface area (Å²) >= 11 is 0. The molecule has 1 amide bonds. The van der Waals surface area contributed by atoms with Crippen LogP contribution in [0.1, 0.15) is 20.8 Å². The van der Waals surface area contributed by atoms with Crippen molar-refractivity contribution in [2.75, 3.05) is 19.6 Å². The fourth-order valence-electron chi connectivity index (χ4n) is 1.36. The molecule has 0 aliphatic rings. The van der Waals surface area contributed by atoms with Crippen molar-refractivity contribution in [1.82, 2.24) is 10.2 Å². The molecular weight excluding hydrogens is 277 g/mol. The van der Waals surface area contributed by atoms with E-state index in [-0.39, 0.29) is 6.54 Å². The van der Waals surface area contributed by atoms with Gasteiger partial charge in [-0.15, -0.1) is 0 Å². The van der Waals surface area contributed by atoms with Crippen LogP contribution < -0.4 is 5.32 Å². The van der Waals surface area contributed by atoms with E-state index in [9.17, 15) is 22.8 Å². The Bertz CT molecular complexity index is 396. The standard InChI is InChI=1S/C12H19F3N2O3/c1-5-17(7-8(2)3)9(18)6-16-11(4,10(19)20)12(13,14)15/h16H,2,5-7H2,1,3-4H3,(H,19,20). The van der Waals surface area contributed by atoms with Gasteiger partial charge in [-0.1, -0.05) is 12.2 Å². The maximum absolute atomic E-state index is 12.7. The second kappa shape index (κ2) is 6.74. The van der Waals surface area contributed by atoms with Crippen LogP contribution in [0, 0.1) is 0 Å². The number of carboxylic acid groups (broad SMARTS) is 1. The van der Waals surface area contributed by atoms with Gasteiger partial charge in [-0.25, -0.2) is 4.79 Å². The highest BCUT2D eigenvalue weighted by atomic mass is 19.4. The quantitative estimate of drug-likeness (QED) is 0.697. The molecule has 1 atom stereocenters. The normalized spacial score (nSPS) is 14.5. The van der Waals surface area contributed by atoms with Crippen LogP contribution in [0.15, 0.2) is 12.2 Å². The third kappa shape index (κ3) is 4.52. The fourth-order valence-corrected chi connectivity index (χ4v) is 1.36. The lowest BCUT2D eigenvalue weighted by Crippen LogP contribution is -2.62. The summed E-state index contributed by atoms with van der Waals surface area (Å²) in [5.41, 5.74) is -2.48. The van der Waals surface area contributed by atoms with Crippen LogP contribution in [0.5, 0.6) is 0 Å². The highest BCUT2D eigenvalue weighted by Crippen LogP contribution is 2.30. The van der Waals surface area contributed by atoms with Crippen LogP contribution in [-0.2, 0) is 9.59 Å². The summed E-state index contributed by atoms with van der Waals surface area (Å²) in [4.78, 5) is 23.8. The van der Waals surface area contributed by atoms with Gasteiger partial charge in [0.1, 0.15) is 0 Å². The Morgan fingerprint density at radius 3 is 2.15 bits per heavy atom. The average Bonchev–Trinajstić information content (AvgIpc) is 2.30. The first-order valence-corrected chi connectivity index (χ1v) is 5.93. The van der Waals surface area contributed by atoms with Gasteiger partial charge in [-0.2, -0.15) is 13.2 Å². The van der Waals surface area contributed by atoms with Gasteiger partial charge >= 0.3 is 12.1 Å². The van der Waals surface area contributed by atoms with Gasteiger partial charge in [-0.05, 0) is 20.8 Å². The number of aliphatic carboxylic acids is 1. The zero-order valence-electron chi connectivity index (χ0n) is 11.7. The summed E-state index contributed by atoms with van der Waals surface area (Å²) in [6.45, 7) is 7.24. The Morgan fingerprint density at radius 1 is 1.35 bits per heavy atom. The van der Waals surface area contributed by atoms with E-state index < -0.39 is 30.1 Å². The molecule has 0 fully saturated rings. The van der Waals surface area contributed by atoms with Gasteiger partial charge in [0.2, 0.25) is 11.4 Å². The van der Waals surface area contributed by atoms with Crippen molar-refractivity contribution in [1.29, 1.82) is 0 Å². The molecule has 0 rings (SSSR count). The number of carbonyl (C=O) groups excluding carboxylic acids is 1. The molecule has 0 aromatic rings. The lowest BCUT2D eigenvalue weighted by Gasteiger charge is -2.30. The van der Waals surface area contributed by atoms with Crippen molar-refractivity contribution in [3.63, 3.8) is 0 Å². The van der Waals surface area contributed by atoms with Crippen LogP contribution in [0.4, 0.5) is 13.2 Å². The van der Waals surface area contributed by atoms with E-state index >= 15 is 0 Å². The second-order valence-electron chi connectivity index (χ2n) is 4.65. The number of amides is 1. The van der Waals surface area contributed by atoms with E-state index in [4.69, 9.17) is 5.11 Å². The summed E-state index contributed by atoms with van der Waals surface area (Å²) in [5, 5.41) is 10.5. The predicted octanol–water partition coefficient (Wildman–Crippen LogP) is 1.41. The molecule has 5 nitrogen and oxygen atoms in total. The van der Waals surface area contributed by atoms with Gasteiger partial charge in [-0.3, -0.25) is 10.1 Å². The summed E-state index contributed by atoms with van der Waals surface area (Å²) in [5.74, 6) is -2.70. The zero-order chi connectivity index (χ0) is 16.1. The van der Waals surface area contributed by atoms with Crippen LogP contribution in [-0.4, -0.2) is 53.2 Å². The Labute approximate surface area is 115 Å². The third-order valence-corrected chi connectivity index (χ3v) is 2.78. The van der Waals surface area contributed by atoms with Crippen molar-refractivity contribution < 1.29 is 27.9 Å². The van der Waals surface area contributed by atoms with Crippen molar-refractivity contribution >= 4 is 11.9 Å². The predicted molar refractivity (Wildman–Crippen MR) is 67.2 cm³/mol. The second-order valence-corrected chi connectivity index (χ2v) is 4.65. The maximum atomic E-state index is 12.7. The molecular formula is C12H19F3N2O3. The van der Waals surface area contributed by atoms with E-state index in [1.807, 2.05) is 0 Å². The minimum absolute atomic E-state index is 0.215. The molecule has 2 N–H and O–H groups in total. The molecule has 0 aliphatic carbocycles. The molecule has 20 heavy (non-hydrogen) atoms. The lowest BCUT2D eigenvalue weighted by molar-refractivity contribution is -0.205. The summed E-state index contributed by atoms with van der Waals surface area (Å²) in [6, 6.07) is 0. The first-order chi connectivity index (χ1) is 8.95. The van der Waals surface area contributed by atoms with Crippen molar-refractivity contribution in [3.05, 3.63) is 12.2 Å². The van der Waals surface area contributed by atoms with Gasteiger partial charge in [0.05, 0.1) is 6.54 Å². The van der Waals surface area contributed by atoms with Crippen LogP contribution in [0.2, 0.25) is 0 Å². The van der Waals surface area contributed by atoms with Gasteiger partial charge in [0.15, 0.2) is 0 Å². The summed E-state index contributed by atoms with van der Waals surface area (Å²) in [7, 11) is 0. The number of rotatable bonds is 7. The van der Waals surface area contributed by atoms with E-state index in [1.165, 1.54) is 4.90 Å². The van der Waals surface area contributed by atoms with Crippen LogP contribution in [0.25, 0.3) is 0 Å². The van der Waals surface area contributed by atoms with Crippen molar-refractivity contribution in [2.24, 2.45) is 0 Å². The molecule has 0 bridgehead atoms. The lowest BCUT2D eigenvalue weighted by atomic mass is 10.0. The van der Waals surface area contributed by atoms with Gasteiger partial charge < -0.3 is 10.0 Å². The number of nitrogens with one attached hydrogen (secondary N) is 1. The Balaban J connectivity index is 4.84. The third-order valence-electron chi connectivity index (χ3n) is 2.78. The highest BCUT2D eigenvalue weighted by molar-refractivity contribution is 5.82. The van der Waals surface area contributed by atoms with Crippen molar-refractivity contribution in [2.45, 2.75) is 32.5 Å². The zero-order valence-corrected chi connectivity index (χ0v) is 11.7. The highest BCUT2D eigenvalue weighted by Gasteiger charge is 2.57. The van der Waals surface area contributed by atoms with E-state index in [2.05, 4.69) is 6.58 Å². The molecule has 0 spiro atoms. The van der Waals surface area contributed by atoms with Crippen LogP contribution >= 0.6 is 0 Å². The summed E-state index contributed by atoms with van der Waals surface area (Å²) < 4.78 is 38.1. The van der Waals surface area contributed by atoms with Gasteiger partial charge in [0.25, 0.3) is 0 Å². The number of likely N-dealkylation sites (N-methyl/N-ethyl adjacent to an activating group) is 1. The monoisotopic (exact) mass is 296 g/mol. The minimum Gasteiger partial charge on any atom is -0.480 e. The Kier molecular flexibility index (Phi) is 6.21. The average molecular weight is 296 g/mol. The summed E-state index contributed by atoms with van der Waals surface area (Å²) in [6.07, 6.45) is -5.01. The van der Waals surface area contributed by atoms with E-state index in [1.54, 1.807) is 19.2 Å². The first-order valence-electron chi connectivity index (χ1n) is 5.93. The molecule has 116 valence electrons. The maximum Gasteiger partial charge on any atom is 0.417 e. The number of nitrogens with zero attached hydrogens (tertiary/aromatic N) is 1. The number of alkyl halides is 3. The Hall–Kier alpha value is -1.57. The van der Waals surface area contributed by atoms with E-state index in [0.717, 1.165) is 0 Å². The molecule has 0 aromatic heterocycles. The Morgan fingerprint density at radius 2 is 1.85 bits per heavy atom. The van der Waals surface area contributed by atoms with Crippen LogP contribution in [0.3, 0.4) is 0 Å². The molecule has 0 saturated carbocycles. The van der Waals surface area contributed by atoms with E-state index in [0.29, 0.717) is 19.0 Å². The number of carboxylic acids is 1. The number of hydrogen-bond acceptors (Lipinski definition) is 3. The number of carbonyl (C=O) groups is 2. The molecule has 0 aliphatic heterocycles. The molecule has 8 heteroatoms. The molecule has 0 aromatic carbocycles. The van der Waals surface area contributed by atoms with Gasteiger partial charge in [0, 0.05) is 13.1 Å². The molecule has 0 heterocycles. The molecule has 0 saturated heterocycles. The molecule has 0 radical (unpaired) electrons.